The molecule has 0 spiro atoms. The maximum Gasteiger partial charge on any atom is 0.142 e. The van der Waals surface area contributed by atoms with Crippen molar-refractivity contribution in [2.24, 2.45) is 0 Å². The van der Waals surface area contributed by atoms with Gasteiger partial charge in [0.05, 0.1) is 5.69 Å². The van der Waals surface area contributed by atoms with Gasteiger partial charge in [0.2, 0.25) is 0 Å². The third-order valence-electron chi connectivity index (χ3n) is 2.40. The molecule has 100 valence electrons. The lowest BCUT2D eigenvalue weighted by atomic mass is 10.3. The van der Waals surface area contributed by atoms with Crippen LogP contribution in [0.15, 0.2) is 46.9 Å². The highest BCUT2D eigenvalue weighted by atomic mass is 79.9. The predicted molar refractivity (Wildman–Crippen MR) is 81.0 cm³/mol. The summed E-state index contributed by atoms with van der Waals surface area (Å²) in [6.45, 7) is 0.867. The van der Waals surface area contributed by atoms with Crippen LogP contribution in [0.3, 0.4) is 0 Å². The van der Waals surface area contributed by atoms with Gasteiger partial charge in [-0.05, 0) is 42.5 Å². The third-order valence-corrected chi connectivity index (χ3v) is 3.16. The molecule has 0 aliphatic rings. The van der Waals surface area contributed by atoms with E-state index >= 15 is 0 Å². The maximum absolute atomic E-state index is 5.81. The summed E-state index contributed by atoms with van der Waals surface area (Å²) in [7, 11) is 0. The van der Waals surface area contributed by atoms with E-state index in [1.807, 2.05) is 24.3 Å². The van der Waals surface area contributed by atoms with Gasteiger partial charge >= 0.3 is 0 Å². The number of benzene rings is 2. The van der Waals surface area contributed by atoms with Gasteiger partial charge in [-0.15, -0.1) is 0 Å². The van der Waals surface area contributed by atoms with Gasteiger partial charge in [0.25, 0.3) is 0 Å². The summed E-state index contributed by atoms with van der Waals surface area (Å²) in [6.07, 6.45) is 0. The van der Waals surface area contributed by atoms with Gasteiger partial charge in [0.1, 0.15) is 24.7 Å². The van der Waals surface area contributed by atoms with E-state index in [0.717, 1.165) is 10.2 Å². The molecule has 2 aromatic rings. The Hall–Kier alpha value is -1.39. The van der Waals surface area contributed by atoms with E-state index in [1.165, 1.54) is 0 Å². The van der Waals surface area contributed by atoms with Crippen LogP contribution < -0.4 is 15.2 Å². The van der Waals surface area contributed by atoms with Crippen molar-refractivity contribution in [2.45, 2.75) is 0 Å². The lowest BCUT2D eigenvalue weighted by molar-refractivity contribution is 0.218. The number of hydrogen-bond acceptors (Lipinski definition) is 3. The van der Waals surface area contributed by atoms with Crippen LogP contribution in [0.5, 0.6) is 11.5 Å². The quantitative estimate of drug-likeness (QED) is 0.656. The van der Waals surface area contributed by atoms with Crippen LogP contribution in [0.4, 0.5) is 5.69 Å². The molecule has 2 rings (SSSR count). The summed E-state index contributed by atoms with van der Waals surface area (Å²) in [6, 6.07) is 12.8. The number of halogens is 2. The maximum atomic E-state index is 5.81. The van der Waals surface area contributed by atoms with Crippen molar-refractivity contribution in [1.82, 2.24) is 0 Å². The monoisotopic (exact) mass is 341 g/mol. The molecule has 0 aliphatic carbocycles. The molecule has 5 heteroatoms. The van der Waals surface area contributed by atoms with Crippen LogP contribution in [0.25, 0.3) is 0 Å². The fraction of sp³-hybridized carbons (Fsp3) is 0.143. The average Bonchev–Trinajstić information content (AvgIpc) is 2.39. The number of anilines is 1. The van der Waals surface area contributed by atoms with Gasteiger partial charge in [-0.3, -0.25) is 0 Å². The molecule has 0 atom stereocenters. The fourth-order valence-electron chi connectivity index (χ4n) is 1.49. The van der Waals surface area contributed by atoms with Gasteiger partial charge in [-0.2, -0.15) is 0 Å². The van der Waals surface area contributed by atoms with Crippen molar-refractivity contribution >= 4 is 33.2 Å². The minimum atomic E-state index is 0.419. The first-order chi connectivity index (χ1) is 9.15. The summed E-state index contributed by atoms with van der Waals surface area (Å²) < 4.78 is 12.1. The van der Waals surface area contributed by atoms with Crippen molar-refractivity contribution in [3.8, 4) is 11.5 Å². The van der Waals surface area contributed by atoms with Gasteiger partial charge in [0.15, 0.2) is 0 Å². The van der Waals surface area contributed by atoms with Crippen molar-refractivity contribution < 1.29 is 9.47 Å². The SMILES string of the molecule is Nc1cc(Cl)ccc1OCCOc1ccc(Br)cc1. The van der Waals surface area contributed by atoms with Crippen molar-refractivity contribution in [2.75, 3.05) is 18.9 Å². The smallest absolute Gasteiger partial charge is 0.142 e. The first-order valence-corrected chi connectivity index (χ1v) is 6.88. The molecule has 2 aromatic carbocycles. The van der Waals surface area contributed by atoms with E-state index in [-0.39, 0.29) is 0 Å². The van der Waals surface area contributed by atoms with Crippen molar-refractivity contribution in [3.63, 3.8) is 0 Å². The second-order valence-electron chi connectivity index (χ2n) is 3.83. The molecule has 0 amide bonds. The first-order valence-electron chi connectivity index (χ1n) is 5.71. The van der Waals surface area contributed by atoms with Crippen LogP contribution in [-0.2, 0) is 0 Å². The van der Waals surface area contributed by atoms with Crippen molar-refractivity contribution in [1.29, 1.82) is 0 Å². The summed E-state index contributed by atoms with van der Waals surface area (Å²) in [5.41, 5.74) is 6.30. The Morgan fingerprint density at radius 1 is 1.00 bits per heavy atom. The molecular formula is C14H13BrClNO2. The number of nitrogen functional groups attached to an aromatic ring is 1. The van der Waals surface area contributed by atoms with Gasteiger partial charge in [-0.1, -0.05) is 27.5 Å². The third kappa shape index (κ3) is 4.33. The average molecular weight is 343 g/mol. The van der Waals surface area contributed by atoms with E-state index in [2.05, 4.69) is 15.9 Å². The number of ether oxygens (including phenoxy) is 2. The van der Waals surface area contributed by atoms with Crippen LogP contribution in [-0.4, -0.2) is 13.2 Å². The molecule has 0 saturated carbocycles. The molecule has 0 aliphatic heterocycles. The largest absolute Gasteiger partial charge is 0.490 e. The normalized spacial score (nSPS) is 10.2. The molecule has 0 saturated heterocycles. The lowest BCUT2D eigenvalue weighted by Gasteiger charge is -2.10. The highest BCUT2D eigenvalue weighted by Crippen LogP contribution is 2.24. The van der Waals surface area contributed by atoms with Gasteiger partial charge < -0.3 is 15.2 Å². The molecule has 0 radical (unpaired) electrons. The first kappa shape index (κ1) is 14.0. The van der Waals surface area contributed by atoms with Crippen molar-refractivity contribution in [3.05, 3.63) is 52.0 Å². The van der Waals surface area contributed by atoms with Gasteiger partial charge in [-0.25, -0.2) is 0 Å². The topological polar surface area (TPSA) is 44.5 Å². The minimum absolute atomic E-state index is 0.419. The Labute approximate surface area is 125 Å². The Balaban J connectivity index is 1.79. The molecule has 0 heterocycles. The van der Waals surface area contributed by atoms with E-state index in [9.17, 15) is 0 Å². The van der Waals surface area contributed by atoms with Gasteiger partial charge in [0, 0.05) is 9.50 Å². The van der Waals surface area contributed by atoms with E-state index in [0.29, 0.717) is 29.7 Å². The second-order valence-corrected chi connectivity index (χ2v) is 5.19. The molecular weight excluding hydrogens is 330 g/mol. The Morgan fingerprint density at radius 3 is 2.37 bits per heavy atom. The molecule has 3 nitrogen and oxygen atoms in total. The number of nitrogens with two attached hydrogens (primary N) is 1. The standard InChI is InChI=1S/C14H13BrClNO2/c15-10-1-4-12(5-2-10)18-7-8-19-14-6-3-11(16)9-13(14)17/h1-6,9H,7-8,17H2. The minimum Gasteiger partial charge on any atom is -0.490 e. The van der Waals surface area contributed by atoms with Crippen LogP contribution in [0.2, 0.25) is 5.02 Å². The molecule has 0 fully saturated rings. The van der Waals surface area contributed by atoms with E-state index in [4.69, 9.17) is 26.8 Å². The predicted octanol–water partition coefficient (Wildman–Crippen LogP) is 4.14. The van der Waals surface area contributed by atoms with E-state index in [1.54, 1.807) is 18.2 Å². The molecule has 0 unspecified atom stereocenters. The zero-order valence-corrected chi connectivity index (χ0v) is 12.4. The Morgan fingerprint density at radius 2 is 1.68 bits per heavy atom. The van der Waals surface area contributed by atoms with Crippen LogP contribution in [0, 0.1) is 0 Å². The molecule has 2 N–H and O–H groups in total. The lowest BCUT2D eigenvalue weighted by Crippen LogP contribution is -2.09. The fourth-order valence-corrected chi connectivity index (χ4v) is 1.94. The van der Waals surface area contributed by atoms with Crippen LogP contribution >= 0.6 is 27.5 Å². The molecule has 0 bridgehead atoms. The van der Waals surface area contributed by atoms with E-state index < -0.39 is 0 Å². The van der Waals surface area contributed by atoms with Crippen LogP contribution in [0.1, 0.15) is 0 Å². The zero-order valence-electron chi connectivity index (χ0n) is 10.1. The summed E-state index contributed by atoms with van der Waals surface area (Å²) in [4.78, 5) is 0. The Bertz CT molecular complexity index is 546. The summed E-state index contributed by atoms with van der Waals surface area (Å²) >= 11 is 9.17. The molecule has 0 aromatic heterocycles. The zero-order chi connectivity index (χ0) is 13.7. The Kier molecular flexibility index (Phi) is 4.93. The molecule has 19 heavy (non-hydrogen) atoms. The highest BCUT2D eigenvalue weighted by molar-refractivity contribution is 9.10. The highest BCUT2D eigenvalue weighted by Gasteiger charge is 2.01. The number of rotatable bonds is 5. The number of hydrogen-bond donors (Lipinski definition) is 1. The summed E-state index contributed by atoms with van der Waals surface area (Å²) in [5, 5.41) is 0.593. The second kappa shape index (κ2) is 6.68. The summed E-state index contributed by atoms with van der Waals surface area (Å²) in [5.74, 6) is 1.42.